The molecule has 0 saturated heterocycles. The fourth-order valence-corrected chi connectivity index (χ4v) is 1.69. The van der Waals surface area contributed by atoms with Gasteiger partial charge in [0.25, 0.3) is 0 Å². The number of hydrogen-bond donors (Lipinski definition) is 0. The van der Waals surface area contributed by atoms with Crippen molar-refractivity contribution in [1.29, 1.82) is 0 Å². The van der Waals surface area contributed by atoms with Crippen LogP contribution in [0.1, 0.15) is 5.69 Å². The molecule has 2 rings (SSSR count). The second-order valence-corrected chi connectivity index (χ2v) is 3.56. The van der Waals surface area contributed by atoms with Gasteiger partial charge in [0.15, 0.2) is 0 Å². The van der Waals surface area contributed by atoms with Crippen LogP contribution >= 0.6 is 22.6 Å². The van der Waals surface area contributed by atoms with Crippen molar-refractivity contribution in [3.05, 3.63) is 33.8 Å². The summed E-state index contributed by atoms with van der Waals surface area (Å²) in [7, 11) is 0. The number of pyridine rings is 1. The van der Waals surface area contributed by atoms with Gasteiger partial charge in [-0.2, -0.15) is 0 Å². The predicted octanol–water partition coefficient (Wildman–Crippen LogP) is 2.25. The normalized spacial score (nSPS) is 10.7. The molecule has 0 aliphatic rings. The molecule has 3 heteroatoms. The lowest BCUT2D eigenvalue weighted by Gasteiger charge is -1.93. The molecule has 0 unspecified atom stereocenters. The average Bonchev–Trinajstić information content (AvgIpc) is 2.31. The Balaban J connectivity index is 2.90. The molecule has 0 aliphatic heterocycles. The van der Waals surface area contributed by atoms with E-state index in [1.807, 2.05) is 25.3 Å². The maximum atomic E-state index is 4.33. The third-order valence-electron chi connectivity index (χ3n) is 1.56. The second kappa shape index (κ2) is 2.48. The molecular formula is C8H7IN2. The second-order valence-electron chi connectivity index (χ2n) is 2.46. The third-order valence-corrected chi connectivity index (χ3v) is 2.44. The van der Waals surface area contributed by atoms with Crippen molar-refractivity contribution >= 4 is 28.2 Å². The van der Waals surface area contributed by atoms with E-state index in [0.29, 0.717) is 0 Å². The topological polar surface area (TPSA) is 17.3 Å². The van der Waals surface area contributed by atoms with Crippen molar-refractivity contribution in [2.24, 2.45) is 0 Å². The standard InChI is InChI=1S/C8H7IN2/c1-6-5-11-7(9)3-2-4-8(11)10-6/h2-5H,1H3. The van der Waals surface area contributed by atoms with Crippen LogP contribution in [-0.4, -0.2) is 9.38 Å². The number of halogens is 1. The molecule has 0 amide bonds. The molecule has 56 valence electrons. The SMILES string of the molecule is Cc1cn2c(I)cccc2n1. The Kier molecular flexibility index (Phi) is 1.60. The molecule has 0 saturated carbocycles. The van der Waals surface area contributed by atoms with Crippen LogP contribution in [0.3, 0.4) is 0 Å². The Hall–Kier alpha value is -0.580. The molecule has 0 N–H and O–H groups in total. The highest BCUT2D eigenvalue weighted by Crippen LogP contribution is 2.09. The van der Waals surface area contributed by atoms with E-state index in [9.17, 15) is 0 Å². The molecule has 0 spiro atoms. The van der Waals surface area contributed by atoms with E-state index >= 15 is 0 Å². The van der Waals surface area contributed by atoms with Crippen LogP contribution in [0.4, 0.5) is 0 Å². The first-order valence-electron chi connectivity index (χ1n) is 3.37. The number of aromatic nitrogens is 2. The summed E-state index contributed by atoms with van der Waals surface area (Å²) in [6, 6.07) is 6.09. The van der Waals surface area contributed by atoms with Gasteiger partial charge < -0.3 is 0 Å². The van der Waals surface area contributed by atoms with Gasteiger partial charge in [-0.3, -0.25) is 4.40 Å². The number of hydrogen-bond acceptors (Lipinski definition) is 1. The van der Waals surface area contributed by atoms with Gasteiger partial charge >= 0.3 is 0 Å². The Morgan fingerprint density at radius 1 is 1.45 bits per heavy atom. The Labute approximate surface area is 78.4 Å². The van der Waals surface area contributed by atoms with Gasteiger partial charge in [-0.05, 0) is 41.6 Å². The zero-order valence-corrected chi connectivity index (χ0v) is 8.24. The van der Waals surface area contributed by atoms with Crippen LogP contribution in [0, 0.1) is 10.6 Å². The summed E-state index contributed by atoms with van der Waals surface area (Å²) in [6.45, 7) is 2.00. The van der Waals surface area contributed by atoms with Crippen molar-refractivity contribution < 1.29 is 0 Å². The van der Waals surface area contributed by atoms with Gasteiger partial charge in [0.1, 0.15) is 5.65 Å². The number of nitrogens with zero attached hydrogens (tertiary/aromatic N) is 2. The van der Waals surface area contributed by atoms with Gasteiger partial charge in [-0.15, -0.1) is 0 Å². The van der Waals surface area contributed by atoms with Crippen LogP contribution in [-0.2, 0) is 0 Å². The maximum Gasteiger partial charge on any atom is 0.137 e. The smallest absolute Gasteiger partial charge is 0.137 e. The van der Waals surface area contributed by atoms with Crippen LogP contribution in [0.2, 0.25) is 0 Å². The molecule has 0 aliphatic carbocycles. The first kappa shape index (κ1) is 7.09. The summed E-state index contributed by atoms with van der Waals surface area (Å²) in [4.78, 5) is 4.33. The summed E-state index contributed by atoms with van der Waals surface area (Å²) >= 11 is 2.29. The van der Waals surface area contributed by atoms with Crippen molar-refractivity contribution in [2.75, 3.05) is 0 Å². The zero-order chi connectivity index (χ0) is 7.84. The number of fused-ring (bicyclic) bond motifs is 1. The molecule has 0 fully saturated rings. The van der Waals surface area contributed by atoms with E-state index in [-0.39, 0.29) is 0 Å². The molecular weight excluding hydrogens is 251 g/mol. The highest BCUT2D eigenvalue weighted by atomic mass is 127. The molecule has 0 aromatic carbocycles. The first-order chi connectivity index (χ1) is 5.27. The lowest BCUT2D eigenvalue weighted by Crippen LogP contribution is -1.86. The van der Waals surface area contributed by atoms with Gasteiger partial charge in [0.2, 0.25) is 0 Å². The minimum Gasteiger partial charge on any atom is -0.294 e. The maximum absolute atomic E-state index is 4.33. The fraction of sp³-hybridized carbons (Fsp3) is 0.125. The monoisotopic (exact) mass is 258 g/mol. The van der Waals surface area contributed by atoms with E-state index in [4.69, 9.17) is 0 Å². The van der Waals surface area contributed by atoms with E-state index < -0.39 is 0 Å². The lowest BCUT2D eigenvalue weighted by atomic mass is 10.5. The number of aryl methyl sites for hydroxylation is 1. The van der Waals surface area contributed by atoms with Gasteiger partial charge in [0.05, 0.1) is 9.39 Å². The van der Waals surface area contributed by atoms with E-state index in [2.05, 4.69) is 38.0 Å². The third kappa shape index (κ3) is 1.13. The van der Waals surface area contributed by atoms with E-state index in [1.165, 1.54) is 3.70 Å². The molecule has 2 nitrogen and oxygen atoms in total. The van der Waals surface area contributed by atoms with Crippen LogP contribution in [0.25, 0.3) is 5.65 Å². The Bertz CT molecular complexity index is 392. The zero-order valence-electron chi connectivity index (χ0n) is 6.08. The van der Waals surface area contributed by atoms with Crippen molar-refractivity contribution in [3.63, 3.8) is 0 Å². The van der Waals surface area contributed by atoms with Crippen molar-refractivity contribution in [2.45, 2.75) is 6.92 Å². The van der Waals surface area contributed by atoms with Crippen LogP contribution < -0.4 is 0 Å². The minimum atomic E-state index is 1.02. The summed E-state index contributed by atoms with van der Waals surface area (Å²) in [5.41, 5.74) is 2.09. The molecule has 0 radical (unpaired) electrons. The molecule has 0 atom stereocenters. The summed E-state index contributed by atoms with van der Waals surface area (Å²) in [5, 5.41) is 0. The first-order valence-corrected chi connectivity index (χ1v) is 4.45. The quantitative estimate of drug-likeness (QED) is 0.523. The summed E-state index contributed by atoms with van der Waals surface area (Å²) < 4.78 is 3.27. The number of rotatable bonds is 0. The van der Waals surface area contributed by atoms with Crippen LogP contribution in [0.5, 0.6) is 0 Å². The predicted molar refractivity (Wildman–Crippen MR) is 52.6 cm³/mol. The minimum absolute atomic E-state index is 1.02. The van der Waals surface area contributed by atoms with Crippen LogP contribution in [0.15, 0.2) is 24.4 Å². The van der Waals surface area contributed by atoms with E-state index in [1.54, 1.807) is 0 Å². The van der Waals surface area contributed by atoms with E-state index in [0.717, 1.165) is 11.3 Å². The average molecular weight is 258 g/mol. The fourth-order valence-electron chi connectivity index (χ4n) is 1.10. The molecule has 2 aromatic heterocycles. The highest BCUT2D eigenvalue weighted by Gasteiger charge is 1.97. The lowest BCUT2D eigenvalue weighted by molar-refractivity contribution is 1.14. The van der Waals surface area contributed by atoms with Crippen molar-refractivity contribution in [1.82, 2.24) is 9.38 Å². The Morgan fingerprint density at radius 2 is 2.27 bits per heavy atom. The summed E-state index contributed by atoms with van der Waals surface area (Å²) in [5.74, 6) is 0. The van der Waals surface area contributed by atoms with Gasteiger partial charge in [0, 0.05) is 6.20 Å². The largest absolute Gasteiger partial charge is 0.294 e. The molecule has 2 aromatic rings. The van der Waals surface area contributed by atoms with Gasteiger partial charge in [-0.1, -0.05) is 6.07 Å². The van der Waals surface area contributed by atoms with Gasteiger partial charge in [-0.25, -0.2) is 4.98 Å². The molecule has 2 heterocycles. The highest BCUT2D eigenvalue weighted by molar-refractivity contribution is 14.1. The summed E-state index contributed by atoms with van der Waals surface area (Å²) in [6.07, 6.45) is 2.04. The molecule has 11 heavy (non-hydrogen) atoms. The molecule has 0 bridgehead atoms. The number of imidazole rings is 1. The Morgan fingerprint density at radius 3 is 3.00 bits per heavy atom. The van der Waals surface area contributed by atoms with Crippen molar-refractivity contribution in [3.8, 4) is 0 Å².